The van der Waals surface area contributed by atoms with E-state index in [-0.39, 0.29) is 6.04 Å². The minimum atomic E-state index is -0.155. The second-order valence-corrected chi connectivity index (χ2v) is 6.62. The highest BCUT2D eigenvalue weighted by atomic mass is 79.9. The van der Waals surface area contributed by atoms with Crippen molar-refractivity contribution in [2.24, 2.45) is 5.73 Å². The van der Waals surface area contributed by atoms with Gasteiger partial charge in [0, 0.05) is 4.88 Å². The zero-order valence-electron chi connectivity index (χ0n) is 10.6. The van der Waals surface area contributed by atoms with Crippen LogP contribution in [0.3, 0.4) is 0 Å². The molecule has 0 bridgehead atoms. The Labute approximate surface area is 124 Å². The molecule has 5 heteroatoms. The minimum absolute atomic E-state index is 0.155. The quantitative estimate of drug-likeness (QED) is 0.932. The van der Waals surface area contributed by atoms with Gasteiger partial charge in [-0.05, 0) is 52.9 Å². The number of nitrogens with zero attached hydrogens (tertiary/aromatic N) is 1. The number of benzene rings is 1. The van der Waals surface area contributed by atoms with Crippen molar-refractivity contribution in [2.75, 3.05) is 7.11 Å². The number of nitrogens with two attached hydrogens (primary N) is 1. The fourth-order valence-electron chi connectivity index (χ4n) is 2.36. The van der Waals surface area contributed by atoms with E-state index in [1.54, 1.807) is 18.4 Å². The van der Waals surface area contributed by atoms with Crippen molar-refractivity contribution in [3.8, 4) is 5.75 Å². The smallest absolute Gasteiger partial charge is 0.133 e. The van der Waals surface area contributed by atoms with Gasteiger partial charge in [0.05, 0.1) is 23.3 Å². The van der Waals surface area contributed by atoms with E-state index in [1.165, 1.54) is 17.0 Å². The molecule has 19 heavy (non-hydrogen) atoms. The predicted octanol–water partition coefficient (Wildman–Crippen LogP) is 3.45. The Balaban J connectivity index is 1.90. The Hall–Kier alpha value is -0.910. The molecule has 0 spiro atoms. The predicted molar refractivity (Wildman–Crippen MR) is 80.9 cm³/mol. The Morgan fingerprint density at radius 1 is 1.42 bits per heavy atom. The second kappa shape index (κ2) is 5.23. The number of halogens is 1. The van der Waals surface area contributed by atoms with E-state index in [0.717, 1.165) is 33.6 Å². The number of methoxy groups -OCH3 is 1. The number of hydrogen-bond donors (Lipinski definition) is 1. The summed E-state index contributed by atoms with van der Waals surface area (Å²) in [7, 11) is 1.66. The normalized spacial score (nSPS) is 15.3. The van der Waals surface area contributed by atoms with Crippen LogP contribution in [0.1, 0.15) is 33.6 Å². The van der Waals surface area contributed by atoms with Crippen LogP contribution in [0.15, 0.2) is 22.7 Å². The standard InChI is InChI=1S/C14H15BrN2OS/c1-18-11-6-5-8(7-9(11)15)13(16)14-17-10-3-2-4-12(10)19-14/h5-7,13H,2-4,16H2,1H3. The van der Waals surface area contributed by atoms with E-state index in [2.05, 4.69) is 20.9 Å². The van der Waals surface area contributed by atoms with Crippen LogP contribution in [0.2, 0.25) is 0 Å². The first kappa shape index (κ1) is 13.1. The maximum absolute atomic E-state index is 6.32. The number of aryl methyl sites for hydroxylation is 2. The molecule has 1 heterocycles. The van der Waals surface area contributed by atoms with Crippen LogP contribution in [0.25, 0.3) is 0 Å². The van der Waals surface area contributed by atoms with Crippen LogP contribution in [0.5, 0.6) is 5.75 Å². The molecular weight excluding hydrogens is 324 g/mol. The van der Waals surface area contributed by atoms with Gasteiger partial charge in [-0.15, -0.1) is 11.3 Å². The number of thiazole rings is 1. The maximum atomic E-state index is 6.32. The largest absolute Gasteiger partial charge is 0.496 e. The third kappa shape index (κ3) is 2.42. The molecule has 0 saturated carbocycles. The zero-order valence-corrected chi connectivity index (χ0v) is 13.1. The molecule has 0 amide bonds. The van der Waals surface area contributed by atoms with Gasteiger partial charge in [0.15, 0.2) is 0 Å². The Morgan fingerprint density at radius 2 is 2.26 bits per heavy atom. The third-order valence-corrected chi connectivity index (χ3v) is 5.27. The summed E-state index contributed by atoms with van der Waals surface area (Å²) < 4.78 is 6.16. The van der Waals surface area contributed by atoms with Gasteiger partial charge in [-0.3, -0.25) is 0 Å². The maximum Gasteiger partial charge on any atom is 0.133 e. The van der Waals surface area contributed by atoms with Crippen molar-refractivity contribution in [3.63, 3.8) is 0 Å². The third-order valence-electron chi connectivity index (χ3n) is 3.41. The monoisotopic (exact) mass is 338 g/mol. The van der Waals surface area contributed by atoms with Gasteiger partial charge >= 0.3 is 0 Å². The molecule has 1 unspecified atom stereocenters. The molecule has 0 aliphatic heterocycles. The molecule has 1 aromatic heterocycles. The van der Waals surface area contributed by atoms with Crippen molar-refractivity contribution in [2.45, 2.75) is 25.3 Å². The molecule has 1 atom stereocenters. The van der Waals surface area contributed by atoms with Gasteiger partial charge < -0.3 is 10.5 Å². The van der Waals surface area contributed by atoms with E-state index >= 15 is 0 Å². The summed E-state index contributed by atoms with van der Waals surface area (Å²) in [4.78, 5) is 6.10. The van der Waals surface area contributed by atoms with Gasteiger partial charge in [-0.25, -0.2) is 4.98 Å². The van der Waals surface area contributed by atoms with Crippen LogP contribution < -0.4 is 10.5 Å². The van der Waals surface area contributed by atoms with Crippen molar-refractivity contribution in [1.82, 2.24) is 4.98 Å². The zero-order chi connectivity index (χ0) is 13.4. The molecule has 2 N–H and O–H groups in total. The van der Waals surface area contributed by atoms with Crippen LogP contribution >= 0.6 is 27.3 Å². The number of ether oxygens (including phenoxy) is 1. The van der Waals surface area contributed by atoms with Crippen LogP contribution in [0, 0.1) is 0 Å². The van der Waals surface area contributed by atoms with Crippen molar-refractivity contribution < 1.29 is 4.74 Å². The molecular formula is C14H15BrN2OS. The summed E-state index contributed by atoms with van der Waals surface area (Å²) in [5.41, 5.74) is 8.63. The minimum Gasteiger partial charge on any atom is -0.496 e. The highest BCUT2D eigenvalue weighted by Gasteiger charge is 2.21. The van der Waals surface area contributed by atoms with Gasteiger partial charge in [-0.1, -0.05) is 6.07 Å². The number of aromatic nitrogens is 1. The summed E-state index contributed by atoms with van der Waals surface area (Å²) in [6, 6.07) is 5.79. The lowest BCUT2D eigenvalue weighted by Crippen LogP contribution is -2.11. The fraction of sp³-hybridized carbons (Fsp3) is 0.357. The first-order valence-corrected chi connectivity index (χ1v) is 7.87. The summed E-state index contributed by atoms with van der Waals surface area (Å²) >= 11 is 5.25. The van der Waals surface area contributed by atoms with E-state index in [4.69, 9.17) is 10.5 Å². The molecule has 0 fully saturated rings. The molecule has 1 aliphatic carbocycles. The van der Waals surface area contributed by atoms with Crippen molar-refractivity contribution in [3.05, 3.63) is 43.8 Å². The van der Waals surface area contributed by atoms with Gasteiger partial charge in [0.2, 0.25) is 0 Å². The summed E-state index contributed by atoms with van der Waals surface area (Å²) in [6.45, 7) is 0. The van der Waals surface area contributed by atoms with Crippen molar-refractivity contribution in [1.29, 1.82) is 0 Å². The SMILES string of the molecule is COc1ccc(C(N)c2nc3c(s2)CCC3)cc1Br. The lowest BCUT2D eigenvalue weighted by molar-refractivity contribution is 0.412. The van der Waals surface area contributed by atoms with Gasteiger partial charge in [0.1, 0.15) is 10.8 Å². The molecule has 1 aromatic carbocycles. The number of fused-ring (bicyclic) bond motifs is 1. The van der Waals surface area contributed by atoms with Crippen LogP contribution in [0.4, 0.5) is 0 Å². The first-order valence-electron chi connectivity index (χ1n) is 6.26. The average Bonchev–Trinajstić information content (AvgIpc) is 2.98. The average molecular weight is 339 g/mol. The van der Waals surface area contributed by atoms with E-state index < -0.39 is 0 Å². The molecule has 0 radical (unpaired) electrons. The highest BCUT2D eigenvalue weighted by molar-refractivity contribution is 9.10. The van der Waals surface area contributed by atoms with Crippen LogP contribution in [-0.4, -0.2) is 12.1 Å². The molecule has 0 saturated heterocycles. The number of rotatable bonds is 3. The molecule has 100 valence electrons. The molecule has 3 nitrogen and oxygen atoms in total. The summed E-state index contributed by atoms with van der Waals surface area (Å²) in [6.07, 6.45) is 3.49. The van der Waals surface area contributed by atoms with Crippen LogP contribution in [-0.2, 0) is 12.8 Å². The molecule has 2 aromatic rings. The number of hydrogen-bond acceptors (Lipinski definition) is 4. The van der Waals surface area contributed by atoms with Gasteiger partial charge in [-0.2, -0.15) is 0 Å². The second-order valence-electron chi connectivity index (χ2n) is 4.65. The van der Waals surface area contributed by atoms with Gasteiger partial charge in [0.25, 0.3) is 0 Å². The lowest BCUT2D eigenvalue weighted by Gasteiger charge is -2.11. The Morgan fingerprint density at radius 3 is 2.95 bits per heavy atom. The van der Waals surface area contributed by atoms with E-state index in [1.807, 2.05) is 18.2 Å². The Bertz CT molecular complexity index is 590. The highest BCUT2D eigenvalue weighted by Crippen LogP contribution is 2.34. The molecule has 3 rings (SSSR count). The lowest BCUT2D eigenvalue weighted by atomic mass is 10.1. The fourth-order valence-corrected chi connectivity index (χ4v) is 4.10. The molecule has 1 aliphatic rings. The topological polar surface area (TPSA) is 48.1 Å². The summed E-state index contributed by atoms with van der Waals surface area (Å²) in [5.74, 6) is 0.817. The Kier molecular flexibility index (Phi) is 3.60. The van der Waals surface area contributed by atoms with E-state index in [9.17, 15) is 0 Å². The van der Waals surface area contributed by atoms with E-state index in [0.29, 0.717) is 0 Å². The van der Waals surface area contributed by atoms with Crippen molar-refractivity contribution >= 4 is 27.3 Å². The summed E-state index contributed by atoms with van der Waals surface area (Å²) in [5, 5.41) is 1.02. The first-order chi connectivity index (χ1) is 9.19.